The fourth-order valence-electron chi connectivity index (χ4n) is 6.37. The second-order valence-corrected chi connectivity index (χ2v) is 14.6. The first-order chi connectivity index (χ1) is 26.6. The Morgan fingerprint density at radius 3 is 2.34 bits per heavy atom. The van der Waals surface area contributed by atoms with E-state index >= 15 is 0 Å². The zero-order valence-electron chi connectivity index (χ0n) is 31.5. The van der Waals surface area contributed by atoms with Crippen LogP contribution in [-0.4, -0.2) is 92.1 Å². The number of aromatic nitrogens is 1. The second-order valence-electron chi connectivity index (χ2n) is 14.1. The van der Waals surface area contributed by atoms with E-state index in [1.807, 2.05) is 55.1 Å². The highest BCUT2D eigenvalue weighted by atomic mass is 35.5. The molecule has 1 amide bonds. The van der Waals surface area contributed by atoms with Gasteiger partial charge in [0.25, 0.3) is 0 Å². The molecule has 2 atom stereocenters. The maximum absolute atomic E-state index is 11.8. The van der Waals surface area contributed by atoms with E-state index in [4.69, 9.17) is 31.5 Å². The fourth-order valence-corrected chi connectivity index (χ4v) is 6.61. The van der Waals surface area contributed by atoms with Gasteiger partial charge in [0.2, 0.25) is 5.91 Å². The average molecular weight is 791 g/mol. The number of pyridine rings is 1. The molecule has 1 unspecified atom stereocenters. The number of aliphatic hydroxyl groups is 2. The third-order valence-electron chi connectivity index (χ3n) is 10.1. The number of β-amino-alcohol motifs (C(OH)–C–C–N with tert-alkyl or cyclic N) is 1. The van der Waals surface area contributed by atoms with Gasteiger partial charge in [0.1, 0.15) is 36.0 Å². The Hall–Kier alpha value is -5.25. The molecule has 5 rings (SSSR count). The third kappa shape index (κ3) is 9.94. The van der Waals surface area contributed by atoms with Crippen molar-refractivity contribution in [1.82, 2.24) is 15.2 Å². The van der Waals surface area contributed by atoms with Crippen molar-refractivity contribution >= 4 is 29.4 Å². The van der Waals surface area contributed by atoms with Crippen molar-refractivity contribution in [2.45, 2.75) is 64.5 Å². The van der Waals surface area contributed by atoms with Crippen LogP contribution in [0.5, 0.6) is 17.2 Å². The lowest BCUT2D eigenvalue weighted by Crippen LogP contribution is -2.52. The maximum Gasteiger partial charge on any atom is 0.337 e. The van der Waals surface area contributed by atoms with Gasteiger partial charge in [-0.15, -0.1) is 0 Å². The van der Waals surface area contributed by atoms with Crippen LogP contribution in [0.2, 0.25) is 5.02 Å². The number of primary amides is 1. The lowest BCUT2D eigenvalue weighted by Gasteiger charge is -2.25. The molecule has 1 aromatic heterocycles. The predicted octanol–water partition coefficient (Wildman–Crippen LogP) is 4.49. The summed E-state index contributed by atoms with van der Waals surface area (Å²) < 4.78 is 18.6. The summed E-state index contributed by atoms with van der Waals surface area (Å²) in [4.78, 5) is 40.9. The summed E-state index contributed by atoms with van der Waals surface area (Å²) >= 11 is 6.72. The first kappa shape index (κ1) is 41.9. The molecule has 0 bridgehead atoms. The Balaban J connectivity index is 1.30. The van der Waals surface area contributed by atoms with Gasteiger partial charge < -0.3 is 40.4 Å². The number of nitrogens with one attached hydrogen (secondary N) is 1. The molecular formula is C41H47ClN4O10. The quantitative estimate of drug-likeness (QED) is 0.0724. The zero-order valence-corrected chi connectivity index (χ0v) is 32.3. The molecule has 1 aliphatic heterocycles. The normalized spacial score (nSPS) is 16.6. The van der Waals surface area contributed by atoms with E-state index in [-0.39, 0.29) is 43.3 Å². The molecule has 298 valence electrons. The van der Waals surface area contributed by atoms with Crippen LogP contribution in [0.25, 0.3) is 11.1 Å². The van der Waals surface area contributed by atoms with E-state index in [1.54, 1.807) is 18.2 Å². The topological polar surface area (TPSA) is 214 Å². The molecule has 3 aromatic carbocycles. The molecule has 1 fully saturated rings. The molecule has 15 heteroatoms. The van der Waals surface area contributed by atoms with Crippen molar-refractivity contribution in [2.24, 2.45) is 5.73 Å². The van der Waals surface area contributed by atoms with Crippen LogP contribution in [0.1, 0.15) is 57.9 Å². The van der Waals surface area contributed by atoms with Gasteiger partial charge in [-0.2, -0.15) is 0 Å². The van der Waals surface area contributed by atoms with Gasteiger partial charge in [0, 0.05) is 62.2 Å². The van der Waals surface area contributed by atoms with Crippen LogP contribution in [0.4, 0.5) is 0 Å². The Morgan fingerprint density at radius 2 is 1.66 bits per heavy atom. The summed E-state index contributed by atoms with van der Waals surface area (Å²) in [7, 11) is 0. The molecule has 4 aromatic rings. The molecule has 2 heterocycles. The minimum absolute atomic E-state index is 0.00272. The maximum atomic E-state index is 11.8. The predicted molar refractivity (Wildman–Crippen MR) is 208 cm³/mol. The van der Waals surface area contributed by atoms with Crippen LogP contribution in [-0.2, 0) is 29.3 Å². The van der Waals surface area contributed by atoms with E-state index in [0.29, 0.717) is 48.7 Å². The number of nitrogens with zero attached hydrogens (tertiary/aromatic N) is 2. The van der Waals surface area contributed by atoms with Crippen molar-refractivity contribution in [3.8, 4) is 28.4 Å². The van der Waals surface area contributed by atoms with Crippen molar-refractivity contribution in [3.05, 3.63) is 105 Å². The van der Waals surface area contributed by atoms with Crippen LogP contribution < -0.4 is 25.3 Å². The number of carbonyl (C=O) groups excluding carboxylic acids is 1. The largest absolute Gasteiger partial charge is 0.493 e. The number of amides is 1. The molecule has 14 nitrogen and oxygen atoms in total. The first-order valence-corrected chi connectivity index (χ1v) is 18.4. The number of hydrogen-bond donors (Lipinski definition) is 6. The number of rotatable bonds is 19. The van der Waals surface area contributed by atoms with Gasteiger partial charge in [-0.25, -0.2) is 4.79 Å². The van der Waals surface area contributed by atoms with Gasteiger partial charge in [-0.05, 0) is 73.2 Å². The molecule has 1 aliphatic rings. The summed E-state index contributed by atoms with van der Waals surface area (Å²) in [6.45, 7) is 6.52. The number of carboxylic acid groups (broad SMARTS) is 2. The lowest BCUT2D eigenvalue weighted by atomic mass is 9.93. The molecule has 0 saturated carbocycles. The van der Waals surface area contributed by atoms with Crippen LogP contribution in [0, 0.1) is 13.8 Å². The summed E-state index contributed by atoms with van der Waals surface area (Å²) in [6.07, 6.45) is 3.76. The number of nitrogens with two attached hydrogens (primary N) is 1. The van der Waals surface area contributed by atoms with Gasteiger partial charge in [0.15, 0.2) is 5.60 Å². The standard InChI is InChI=1S/C41H47ClN4O10/c1-25-28(7-4-8-31(25)32-9-5-10-34(26(32)2)54-14-6-12-46-13-11-41(53,23-46)39(51)52)22-56-36-17-35(55-21-27-15-30(37(43)48)19-44-18-27)29(16-33(36)42)20-45-40(3,24-47)38(49)50/h4-5,7-10,15-19,45,47,53H,6,11-14,20-24H2,1-3H3,(H2,43,48)(H,49,50)(H,51,52)/t40-,41?/m0/s1. The summed E-state index contributed by atoms with van der Waals surface area (Å²) in [5, 5.41) is 42.0. The number of ether oxygens (including phenoxy) is 3. The smallest absolute Gasteiger partial charge is 0.337 e. The first-order valence-electron chi connectivity index (χ1n) is 18.0. The Labute approximate surface area is 329 Å². The lowest BCUT2D eigenvalue weighted by molar-refractivity contribution is -0.157. The average Bonchev–Trinajstić information content (AvgIpc) is 3.57. The van der Waals surface area contributed by atoms with Gasteiger partial charge in [-0.3, -0.25) is 24.8 Å². The fraction of sp³-hybridized carbons (Fsp3) is 0.366. The second kappa shape index (κ2) is 18.1. The summed E-state index contributed by atoms with van der Waals surface area (Å²) in [5.41, 5.74) is 8.22. The number of aliphatic hydroxyl groups excluding tert-OH is 1. The van der Waals surface area contributed by atoms with E-state index in [9.17, 15) is 34.8 Å². The molecule has 56 heavy (non-hydrogen) atoms. The minimum Gasteiger partial charge on any atom is -0.493 e. The number of carboxylic acids is 2. The SMILES string of the molecule is Cc1c(COc2cc(OCc3cncc(C(N)=O)c3)c(CN[C@@](C)(CO)C(=O)O)cc2Cl)cccc1-c1cccc(OCCCN2CCC(O)(C(=O)O)C2)c1C. The van der Waals surface area contributed by atoms with Crippen molar-refractivity contribution in [3.63, 3.8) is 0 Å². The molecule has 7 N–H and O–H groups in total. The highest BCUT2D eigenvalue weighted by Crippen LogP contribution is 2.36. The van der Waals surface area contributed by atoms with Crippen molar-refractivity contribution < 1.29 is 49.0 Å². The number of hydrogen-bond acceptors (Lipinski definition) is 11. The monoisotopic (exact) mass is 790 g/mol. The molecule has 0 spiro atoms. The van der Waals surface area contributed by atoms with E-state index in [2.05, 4.69) is 10.3 Å². The minimum atomic E-state index is -1.69. The number of benzene rings is 3. The van der Waals surface area contributed by atoms with E-state index in [1.165, 1.54) is 19.3 Å². The molecule has 0 radical (unpaired) electrons. The van der Waals surface area contributed by atoms with E-state index < -0.39 is 35.6 Å². The number of carbonyl (C=O) groups is 3. The van der Waals surface area contributed by atoms with Gasteiger partial charge >= 0.3 is 11.9 Å². The van der Waals surface area contributed by atoms with Crippen LogP contribution in [0.3, 0.4) is 0 Å². The Kier molecular flexibility index (Phi) is 13.6. The van der Waals surface area contributed by atoms with Crippen molar-refractivity contribution in [2.75, 3.05) is 32.8 Å². The zero-order chi connectivity index (χ0) is 40.6. The third-order valence-corrected chi connectivity index (χ3v) is 10.3. The number of halogens is 1. The Bertz CT molecular complexity index is 2080. The molecule has 0 aliphatic carbocycles. The highest BCUT2D eigenvalue weighted by Gasteiger charge is 2.42. The Morgan fingerprint density at radius 1 is 0.946 bits per heavy atom. The number of aliphatic carboxylic acids is 2. The van der Waals surface area contributed by atoms with Gasteiger partial charge in [-0.1, -0.05) is 41.9 Å². The summed E-state index contributed by atoms with van der Waals surface area (Å²) in [5.74, 6) is -1.68. The number of likely N-dealkylation sites (tertiary alicyclic amines) is 1. The summed E-state index contributed by atoms with van der Waals surface area (Å²) in [6, 6.07) is 16.6. The highest BCUT2D eigenvalue weighted by molar-refractivity contribution is 6.32. The van der Waals surface area contributed by atoms with Crippen LogP contribution in [0.15, 0.2) is 67.0 Å². The molecular weight excluding hydrogens is 744 g/mol. The van der Waals surface area contributed by atoms with Crippen molar-refractivity contribution in [1.29, 1.82) is 0 Å². The molecule has 1 saturated heterocycles. The van der Waals surface area contributed by atoms with Crippen LogP contribution >= 0.6 is 11.6 Å². The van der Waals surface area contributed by atoms with Gasteiger partial charge in [0.05, 0.1) is 23.8 Å². The van der Waals surface area contributed by atoms with E-state index in [0.717, 1.165) is 33.6 Å².